The zero-order chi connectivity index (χ0) is 24.1. The third-order valence-corrected chi connectivity index (χ3v) is 5.98. The van der Waals surface area contributed by atoms with Crippen molar-refractivity contribution >= 4 is 23.5 Å². The number of benzene rings is 2. The number of methoxy groups -OCH3 is 1. The number of carbonyl (C=O) groups excluding carboxylic acids is 1. The summed E-state index contributed by atoms with van der Waals surface area (Å²) in [6, 6.07) is 18.7. The van der Waals surface area contributed by atoms with Crippen molar-refractivity contribution < 1.29 is 18.8 Å². The number of nitrogens with one attached hydrogen (secondary N) is 1. The highest BCUT2D eigenvalue weighted by Gasteiger charge is 2.25. The van der Waals surface area contributed by atoms with Gasteiger partial charge in [-0.15, -0.1) is 10.2 Å². The molecule has 0 radical (unpaired) electrons. The van der Waals surface area contributed by atoms with Gasteiger partial charge in [0.15, 0.2) is 22.9 Å². The number of aryl methyl sites for hydroxylation is 1. The first-order valence-corrected chi connectivity index (χ1v) is 11.5. The van der Waals surface area contributed by atoms with Crippen LogP contribution < -0.4 is 14.8 Å². The van der Waals surface area contributed by atoms with Gasteiger partial charge < -0.3 is 19.3 Å². The van der Waals surface area contributed by atoms with Crippen LogP contribution in [0.3, 0.4) is 0 Å². The Bertz CT molecular complexity index is 1240. The lowest BCUT2D eigenvalue weighted by Gasteiger charge is -2.17. The van der Waals surface area contributed by atoms with Crippen molar-refractivity contribution in [3.8, 4) is 17.2 Å². The molecule has 34 heavy (non-hydrogen) atoms. The smallest absolute Gasteiger partial charge is 0.238 e. The van der Waals surface area contributed by atoms with Gasteiger partial charge in [0.05, 0.1) is 12.4 Å². The number of para-hydroxylation sites is 1. The van der Waals surface area contributed by atoms with Crippen LogP contribution in [-0.2, 0) is 4.79 Å². The number of hydrogen-bond acceptors (Lipinski definition) is 8. The summed E-state index contributed by atoms with van der Waals surface area (Å²) >= 11 is 1.30. The number of rotatable bonds is 9. The fraction of sp³-hybridized carbons (Fsp3) is 0.250. The third kappa shape index (κ3) is 5.40. The van der Waals surface area contributed by atoms with E-state index in [0.717, 1.165) is 11.4 Å². The topological polar surface area (TPSA) is 104 Å². The van der Waals surface area contributed by atoms with Gasteiger partial charge in [-0.2, -0.15) is 0 Å². The molecule has 1 N–H and O–H groups in total. The van der Waals surface area contributed by atoms with E-state index >= 15 is 0 Å². The average molecular weight is 480 g/mol. The Morgan fingerprint density at radius 1 is 1.06 bits per heavy atom. The lowest BCUT2D eigenvalue weighted by Crippen LogP contribution is -2.23. The van der Waals surface area contributed by atoms with E-state index in [4.69, 9.17) is 14.0 Å². The molecule has 2 atom stereocenters. The summed E-state index contributed by atoms with van der Waals surface area (Å²) in [4.78, 5) is 12.7. The van der Waals surface area contributed by atoms with Crippen LogP contribution in [0.15, 0.2) is 70.3 Å². The molecule has 10 heteroatoms. The van der Waals surface area contributed by atoms with E-state index < -0.39 is 11.4 Å². The van der Waals surface area contributed by atoms with Crippen molar-refractivity contribution in [2.45, 2.75) is 37.3 Å². The molecule has 0 aliphatic rings. The molecule has 0 aliphatic carbocycles. The Hall–Kier alpha value is -3.79. The van der Waals surface area contributed by atoms with Crippen molar-refractivity contribution in [2.24, 2.45) is 0 Å². The van der Waals surface area contributed by atoms with E-state index in [-0.39, 0.29) is 5.91 Å². The molecule has 4 rings (SSSR count). The number of ether oxygens (including phenoxy) is 2. The standard InChI is InChI=1S/C24H25N5O4S/c1-15-14-21(28-33-15)25-23(30)17(3)34-24-27-26-22(29(24)18-8-6-5-7-9-18)16(2)32-20-12-10-19(31-4)11-13-20/h5-14,16-17H,1-4H3,(H,25,28,30). The van der Waals surface area contributed by atoms with Gasteiger partial charge in [0, 0.05) is 11.8 Å². The Labute approximate surface area is 201 Å². The minimum absolute atomic E-state index is 0.218. The maximum Gasteiger partial charge on any atom is 0.238 e. The predicted octanol–water partition coefficient (Wildman–Crippen LogP) is 4.83. The van der Waals surface area contributed by atoms with Gasteiger partial charge in [-0.25, -0.2) is 0 Å². The van der Waals surface area contributed by atoms with Crippen LogP contribution in [-0.4, -0.2) is 38.2 Å². The summed E-state index contributed by atoms with van der Waals surface area (Å²) in [7, 11) is 1.62. The zero-order valence-electron chi connectivity index (χ0n) is 19.3. The molecule has 4 aromatic rings. The predicted molar refractivity (Wildman–Crippen MR) is 129 cm³/mol. The fourth-order valence-electron chi connectivity index (χ4n) is 3.22. The van der Waals surface area contributed by atoms with Crippen molar-refractivity contribution in [1.82, 2.24) is 19.9 Å². The van der Waals surface area contributed by atoms with Gasteiger partial charge in [0.2, 0.25) is 5.91 Å². The molecule has 0 bridgehead atoms. The molecule has 0 aliphatic heterocycles. The van der Waals surface area contributed by atoms with Crippen molar-refractivity contribution in [3.05, 3.63) is 72.2 Å². The molecule has 9 nitrogen and oxygen atoms in total. The maximum atomic E-state index is 12.7. The number of amides is 1. The second kappa shape index (κ2) is 10.4. The molecule has 2 aromatic carbocycles. The molecule has 1 amide bonds. The van der Waals surface area contributed by atoms with Gasteiger partial charge in [0.1, 0.15) is 17.3 Å². The Morgan fingerprint density at radius 2 is 1.76 bits per heavy atom. The fourth-order valence-corrected chi connectivity index (χ4v) is 4.09. The second-order valence-electron chi connectivity index (χ2n) is 7.52. The number of carbonyl (C=O) groups is 1. The van der Waals surface area contributed by atoms with Crippen LogP contribution in [0.2, 0.25) is 0 Å². The van der Waals surface area contributed by atoms with Gasteiger partial charge in [-0.1, -0.05) is 35.1 Å². The molecular formula is C24H25N5O4S. The number of nitrogens with zero attached hydrogens (tertiary/aromatic N) is 4. The van der Waals surface area contributed by atoms with Crippen molar-refractivity contribution in [2.75, 3.05) is 12.4 Å². The van der Waals surface area contributed by atoms with Gasteiger partial charge in [-0.3, -0.25) is 9.36 Å². The summed E-state index contributed by atoms with van der Waals surface area (Å²) in [6.45, 7) is 5.47. The molecule has 2 aromatic heterocycles. The Balaban J connectivity index is 1.57. The minimum Gasteiger partial charge on any atom is -0.497 e. The quantitative estimate of drug-likeness (QED) is 0.340. The van der Waals surface area contributed by atoms with Crippen LogP contribution in [0.5, 0.6) is 11.5 Å². The SMILES string of the molecule is COc1ccc(OC(C)c2nnc(SC(C)C(=O)Nc3cc(C)on3)n2-c2ccccc2)cc1. The zero-order valence-corrected chi connectivity index (χ0v) is 20.1. The van der Waals surface area contributed by atoms with E-state index in [1.54, 1.807) is 27.0 Å². The lowest BCUT2D eigenvalue weighted by atomic mass is 10.3. The average Bonchev–Trinajstić information content (AvgIpc) is 3.45. The first kappa shape index (κ1) is 23.4. The van der Waals surface area contributed by atoms with Crippen LogP contribution >= 0.6 is 11.8 Å². The minimum atomic E-state index is -0.464. The number of aromatic nitrogens is 4. The molecule has 2 unspecified atom stereocenters. The summed E-state index contributed by atoms with van der Waals surface area (Å²) in [5.41, 5.74) is 0.870. The number of anilines is 1. The van der Waals surface area contributed by atoms with E-state index in [1.165, 1.54) is 11.8 Å². The molecule has 0 spiro atoms. The van der Waals surface area contributed by atoms with E-state index in [1.807, 2.05) is 66.1 Å². The van der Waals surface area contributed by atoms with Crippen LogP contribution in [0, 0.1) is 6.92 Å². The van der Waals surface area contributed by atoms with Crippen LogP contribution in [0.4, 0.5) is 5.82 Å². The number of hydrogen-bond donors (Lipinski definition) is 1. The van der Waals surface area contributed by atoms with E-state index in [0.29, 0.717) is 28.3 Å². The van der Waals surface area contributed by atoms with Crippen LogP contribution in [0.25, 0.3) is 5.69 Å². The molecular weight excluding hydrogens is 454 g/mol. The highest BCUT2D eigenvalue weighted by Crippen LogP contribution is 2.30. The van der Waals surface area contributed by atoms with Gasteiger partial charge in [0.25, 0.3) is 0 Å². The monoisotopic (exact) mass is 479 g/mol. The summed E-state index contributed by atoms with van der Waals surface area (Å²) in [6.07, 6.45) is -0.405. The highest BCUT2D eigenvalue weighted by atomic mass is 32.2. The van der Waals surface area contributed by atoms with Crippen molar-refractivity contribution in [3.63, 3.8) is 0 Å². The third-order valence-electron chi connectivity index (χ3n) is 4.94. The van der Waals surface area contributed by atoms with Gasteiger partial charge >= 0.3 is 0 Å². The first-order valence-electron chi connectivity index (χ1n) is 10.7. The molecule has 0 fully saturated rings. The highest BCUT2D eigenvalue weighted by molar-refractivity contribution is 8.00. The van der Waals surface area contributed by atoms with E-state index in [2.05, 4.69) is 20.7 Å². The summed E-state index contributed by atoms with van der Waals surface area (Å²) < 4.78 is 18.2. The van der Waals surface area contributed by atoms with Gasteiger partial charge in [-0.05, 0) is 57.2 Å². The molecule has 0 saturated carbocycles. The summed E-state index contributed by atoms with van der Waals surface area (Å²) in [5, 5.41) is 15.5. The molecule has 2 heterocycles. The van der Waals surface area contributed by atoms with Crippen LogP contribution in [0.1, 0.15) is 31.5 Å². The second-order valence-corrected chi connectivity index (χ2v) is 8.83. The molecule has 176 valence electrons. The molecule has 0 saturated heterocycles. The summed E-state index contributed by atoms with van der Waals surface area (Å²) in [5.74, 6) is 2.82. The number of thioether (sulfide) groups is 1. The Kier molecular flexibility index (Phi) is 7.17. The van der Waals surface area contributed by atoms with Crippen molar-refractivity contribution in [1.29, 1.82) is 0 Å². The normalized spacial score (nSPS) is 12.7. The van der Waals surface area contributed by atoms with E-state index in [9.17, 15) is 4.79 Å². The lowest BCUT2D eigenvalue weighted by molar-refractivity contribution is -0.115. The largest absolute Gasteiger partial charge is 0.497 e. The Morgan fingerprint density at radius 3 is 2.41 bits per heavy atom. The maximum absolute atomic E-state index is 12.7. The first-order chi connectivity index (χ1) is 16.4.